The predicted molar refractivity (Wildman–Crippen MR) is 103 cm³/mol. The summed E-state index contributed by atoms with van der Waals surface area (Å²) in [6.07, 6.45) is -0.0948. The number of hydrogen-bond acceptors (Lipinski definition) is 7. The second-order valence-electron chi connectivity index (χ2n) is 7.77. The molecule has 1 saturated heterocycles. The first kappa shape index (κ1) is 20.9. The van der Waals surface area contributed by atoms with E-state index in [9.17, 15) is 14.4 Å². The van der Waals surface area contributed by atoms with Gasteiger partial charge in [-0.2, -0.15) is 0 Å². The molecule has 5 unspecified atom stereocenters. The Morgan fingerprint density at radius 3 is 2.59 bits per heavy atom. The lowest BCUT2D eigenvalue weighted by Gasteiger charge is -2.29. The van der Waals surface area contributed by atoms with Crippen molar-refractivity contribution in [3.8, 4) is 5.75 Å². The van der Waals surface area contributed by atoms with Crippen LogP contribution in [0.15, 0.2) is 36.4 Å². The zero-order valence-corrected chi connectivity index (χ0v) is 16.9. The van der Waals surface area contributed by atoms with Crippen LogP contribution in [0.25, 0.3) is 0 Å². The minimum absolute atomic E-state index is 0.0166. The fourth-order valence-corrected chi connectivity index (χ4v) is 3.79. The minimum Gasteiger partial charge on any atom is -0.482 e. The van der Waals surface area contributed by atoms with Crippen molar-refractivity contribution in [3.05, 3.63) is 42.0 Å². The van der Waals surface area contributed by atoms with Gasteiger partial charge in [0.15, 0.2) is 6.61 Å². The van der Waals surface area contributed by atoms with Gasteiger partial charge in [-0.15, -0.1) is 0 Å². The summed E-state index contributed by atoms with van der Waals surface area (Å²) < 4.78 is 21.7. The van der Waals surface area contributed by atoms with E-state index >= 15 is 0 Å². The number of carbonyl (C=O) groups is 3. The smallest absolute Gasteiger partial charge is 0.344 e. The molecule has 29 heavy (non-hydrogen) atoms. The van der Waals surface area contributed by atoms with Crippen molar-refractivity contribution in [2.75, 3.05) is 6.61 Å². The van der Waals surface area contributed by atoms with Crippen molar-refractivity contribution in [3.63, 3.8) is 0 Å². The van der Waals surface area contributed by atoms with Gasteiger partial charge in [-0.25, -0.2) is 9.59 Å². The van der Waals surface area contributed by atoms with E-state index in [0.29, 0.717) is 11.3 Å². The van der Waals surface area contributed by atoms with Crippen molar-refractivity contribution in [2.24, 2.45) is 11.8 Å². The zero-order chi connectivity index (χ0) is 21.1. The Labute approximate surface area is 170 Å². The standard InChI is InChI=1S/C22H26O7/c1-12(2)22(25)27-14(4)15-5-7-17(8-6-15)26-11-19(24)29-21-16-9-13(3)20(21)28-18(23)10-16/h5-8,13-14,16,20-21H,1,9-11H2,2-4H3. The third kappa shape index (κ3) is 4.96. The summed E-state index contributed by atoms with van der Waals surface area (Å²) in [5.41, 5.74) is 1.13. The molecule has 7 nitrogen and oxygen atoms in total. The van der Waals surface area contributed by atoms with Crippen molar-refractivity contribution in [1.29, 1.82) is 0 Å². The zero-order valence-electron chi connectivity index (χ0n) is 16.9. The molecule has 0 amide bonds. The molecular formula is C22H26O7. The van der Waals surface area contributed by atoms with Gasteiger partial charge in [-0.05, 0) is 43.9 Å². The van der Waals surface area contributed by atoms with Crippen LogP contribution in [0.4, 0.5) is 0 Å². The van der Waals surface area contributed by atoms with Crippen LogP contribution < -0.4 is 4.74 Å². The third-order valence-electron chi connectivity index (χ3n) is 5.33. The van der Waals surface area contributed by atoms with Crippen LogP contribution in [0, 0.1) is 11.8 Å². The summed E-state index contributed by atoms with van der Waals surface area (Å²) in [5.74, 6) is -0.476. The van der Waals surface area contributed by atoms with Crippen LogP contribution in [-0.2, 0) is 28.6 Å². The molecule has 2 bridgehead atoms. The molecule has 0 spiro atoms. The number of rotatable bonds is 7. The molecule has 0 aromatic heterocycles. The maximum absolute atomic E-state index is 12.2. The maximum atomic E-state index is 12.2. The highest BCUT2D eigenvalue weighted by atomic mass is 16.6. The first-order chi connectivity index (χ1) is 13.7. The number of ether oxygens (including phenoxy) is 4. The van der Waals surface area contributed by atoms with E-state index in [1.807, 2.05) is 6.92 Å². The molecule has 2 fully saturated rings. The first-order valence-electron chi connectivity index (χ1n) is 9.72. The average molecular weight is 402 g/mol. The molecule has 5 atom stereocenters. The Morgan fingerprint density at radius 2 is 1.97 bits per heavy atom. The van der Waals surface area contributed by atoms with Crippen LogP contribution in [0.1, 0.15) is 45.3 Å². The fraction of sp³-hybridized carbons (Fsp3) is 0.500. The van der Waals surface area contributed by atoms with Crippen LogP contribution in [0.3, 0.4) is 0 Å². The molecule has 0 N–H and O–H groups in total. The summed E-state index contributed by atoms with van der Waals surface area (Å²) in [6.45, 7) is 8.67. The van der Waals surface area contributed by atoms with E-state index in [2.05, 4.69) is 6.58 Å². The highest BCUT2D eigenvalue weighted by molar-refractivity contribution is 5.87. The van der Waals surface area contributed by atoms with Gasteiger partial charge in [-0.1, -0.05) is 25.6 Å². The van der Waals surface area contributed by atoms with Gasteiger partial charge in [0.25, 0.3) is 0 Å². The molecule has 2 aliphatic rings. The molecule has 0 radical (unpaired) electrons. The maximum Gasteiger partial charge on any atom is 0.344 e. The van der Waals surface area contributed by atoms with Crippen molar-refractivity contribution in [1.82, 2.24) is 0 Å². The predicted octanol–water partition coefficient (Wildman–Crippen LogP) is 3.13. The van der Waals surface area contributed by atoms with Gasteiger partial charge in [0.2, 0.25) is 0 Å². The molecule has 1 aromatic carbocycles. The minimum atomic E-state index is -0.495. The number of carbonyl (C=O) groups excluding carboxylic acids is 3. The lowest BCUT2D eigenvalue weighted by molar-refractivity contribution is -0.180. The summed E-state index contributed by atoms with van der Waals surface area (Å²) in [6, 6.07) is 6.92. The quantitative estimate of drug-likeness (QED) is 0.393. The SMILES string of the molecule is C=C(C)C(=O)OC(C)c1ccc(OCC(=O)OC2C3CC(=O)OC2C(C)C3)cc1. The Bertz CT molecular complexity index is 798. The van der Waals surface area contributed by atoms with Crippen molar-refractivity contribution < 1.29 is 33.3 Å². The average Bonchev–Trinajstić information content (AvgIpc) is 2.85. The lowest BCUT2D eigenvalue weighted by atomic mass is 9.99. The molecule has 1 aromatic rings. The fourth-order valence-electron chi connectivity index (χ4n) is 3.79. The highest BCUT2D eigenvalue weighted by Gasteiger charge is 2.50. The normalized spacial score (nSPS) is 26.2. The first-order valence-corrected chi connectivity index (χ1v) is 9.72. The number of hydrogen-bond donors (Lipinski definition) is 0. The topological polar surface area (TPSA) is 88.1 Å². The van der Waals surface area contributed by atoms with Crippen molar-refractivity contribution in [2.45, 2.75) is 51.9 Å². The van der Waals surface area contributed by atoms with E-state index < -0.39 is 24.1 Å². The van der Waals surface area contributed by atoms with Gasteiger partial charge in [0.05, 0.1) is 6.42 Å². The highest BCUT2D eigenvalue weighted by Crippen LogP contribution is 2.41. The van der Waals surface area contributed by atoms with Crippen LogP contribution in [0.2, 0.25) is 0 Å². The van der Waals surface area contributed by atoms with E-state index in [1.165, 1.54) is 0 Å². The molecule has 3 rings (SSSR count). The molecule has 1 saturated carbocycles. The van der Waals surface area contributed by atoms with E-state index in [-0.39, 0.29) is 36.9 Å². The Balaban J connectivity index is 1.49. The second kappa shape index (κ2) is 8.68. The summed E-state index contributed by atoms with van der Waals surface area (Å²) in [4.78, 5) is 35.4. The van der Waals surface area contributed by atoms with Gasteiger partial charge in [-0.3, -0.25) is 4.79 Å². The van der Waals surface area contributed by atoms with Crippen LogP contribution >= 0.6 is 0 Å². The summed E-state index contributed by atoms with van der Waals surface area (Å²) in [7, 11) is 0. The Kier molecular flexibility index (Phi) is 6.25. The molecule has 1 aliphatic heterocycles. The van der Waals surface area contributed by atoms with Gasteiger partial charge in [0.1, 0.15) is 24.1 Å². The van der Waals surface area contributed by atoms with Gasteiger partial charge < -0.3 is 18.9 Å². The summed E-state index contributed by atoms with van der Waals surface area (Å²) in [5, 5.41) is 0. The molecule has 1 aliphatic carbocycles. The number of esters is 3. The lowest BCUT2D eigenvalue weighted by Crippen LogP contribution is -2.42. The van der Waals surface area contributed by atoms with Gasteiger partial charge in [0, 0.05) is 11.5 Å². The number of fused-ring (bicyclic) bond motifs is 2. The molecular weight excluding hydrogens is 376 g/mol. The van der Waals surface area contributed by atoms with E-state index in [1.54, 1.807) is 38.1 Å². The van der Waals surface area contributed by atoms with E-state index in [4.69, 9.17) is 18.9 Å². The Hall–Kier alpha value is -2.83. The number of benzene rings is 1. The Morgan fingerprint density at radius 1 is 1.28 bits per heavy atom. The summed E-state index contributed by atoms with van der Waals surface area (Å²) >= 11 is 0. The third-order valence-corrected chi connectivity index (χ3v) is 5.33. The van der Waals surface area contributed by atoms with Crippen LogP contribution in [-0.4, -0.2) is 36.7 Å². The largest absolute Gasteiger partial charge is 0.482 e. The molecule has 1 heterocycles. The molecule has 7 heteroatoms. The van der Waals surface area contributed by atoms with Crippen molar-refractivity contribution >= 4 is 17.9 Å². The van der Waals surface area contributed by atoms with Crippen LogP contribution in [0.5, 0.6) is 5.75 Å². The second-order valence-corrected chi connectivity index (χ2v) is 7.77. The van der Waals surface area contributed by atoms with E-state index in [0.717, 1.165) is 12.0 Å². The van der Waals surface area contributed by atoms with Gasteiger partial charge >= 0.3 is 17.9 Å². The monoisotopic (exact) mass is 402 g/mol. The molecule has 156 valence electrons.